The number of esters is 1. The Morgan fingerprint density at radius 2 is 1.84 bits per heavy atom. The molecule has 2 aromatic carbocycles. The average Bonchev–Trinajstić information content (AvgIpc) is 3.21. The summed E-state index contributed by atoms with van der Waals surface area (Å²) < 4.78 is 10.2. The van der Waals surface area contributed by atoms with Crippen molar-refractivity contribution in [3.63, 3.8) is 0 Å². The molecule has 1 N–H and O–H groups in total. The standard InChI is InChI=1S/C23H23N3O4S/c1-29-22(28)18-9-5-8-17(14-18)21(27)25-23-24-20(16-6-3-2-4-7-16)19(31-23)15-26-10-12-30-13-11-26/h2-9,14H,10-13,15H2,1H3,(H,24,25,27). The van der Waals surface area contributed by atoms with Crippen LogP contribution >= 0.6 is 11.3 Å². The van der Waals surface area contributed by atoms with Crippen molar-refractivity contribution in [2.24, 2.45) is 0 Å². The van der Waals surface area contributed by atoms with Crippen molar-refractivity contribution in [2.45, 2.75) is 6.54 Å². The Bertz CT molecular complexity index is 1060. The third-order valence-corrected chi connectivity index (χ3v) is 5.94. The van der Waals surface area contributed by atoms with Crippen molar-refractivity contribution in [3.8, 4) is 11.3 Å². The van der Waals surface area contributed by atoms with Crippen LogP contribution in [-0.2, 0) is 16.0 Å². The molecule has 160 valence electrons. The quantitative estimate of drug-likeness (QED) is 0.593. The van der Waals surface area contributed by atoms with Gasteiger partial charge in [-0.3, -0.25) is 15.0 Å². The average molecular weight is 438 g/mol. The lowest BCUT2D eigenvalue weighted by molar-refractivity contribution is 0.0347. The van der Waals surface area contributed by atoms with Gasteiger partial charge in [0.25, 0.3) is 5.91 Å². The van der Waals surface area contributed by atoms with Crippen molar-refractivity contribution in [1.29, 1.82) is 0 Å². The van der Waals surface area contributed by atoms with Gasteiger partial charge < -0.3 is 9.47 Å². The number of carbonyl (C=O) groups is 2. The lowest BCUT2D eigenvalue weighted by Crippen LogP contribution is -2.35. The van der Waals surface area contributed by atoms with E-state index in [2.05, 4.69) is 10.2 Å². The van der Waals surface area contributed by atoms with Gasteiger partial charge in [-0.05, 0) is 18.2 Å². The second-order valence-corrected chi connectivity index (χ2v) is 8.16. The van der Waals surface area contributed by atoms with Gasteiger partial charge in [0.1, 0.15) is 0 Å². The second-order valence-electron chi connectivity index (χ2n) is 7.07. The monoisotopic (exact) mass is 437 g/mol. The van der Waals surface area contributed by atoms with Gasteiger partial charge in [-0.25, -0.2) is 9.78 Å². The van der Waals surface area contributed by atoms with E-state index in [1.165, 1.54) is 24.5 Å². The van der Waals surface area contributed by atoms with Crippen molar-refractivity contribution in [2.75, 3.05) is 38.7 Å². The summed E-state index contributed by atoms with van der Waals surface area (Å²) in [5.41, 5.74) is 2.58. The molecule has 0 bridgehead atoms. The number of methoxy groups -OCH3 is 1. The summed E-state index contributed by atoms with van der Waals surface area (Å²) in [5.74, 6) is -0.805. The molecule has 7 nitrogen and oxygen atoms in total. The number of hydrogen-bond acceptors (Lipinski definition) is 7. The molecule has 4 rings (SSSR count). The molecule has 1 aromatic heterocycles. The van der Waals surface area contributed by atoms with Gasteiger partial charge in [0.2, 0.25) is 0 Å². The van der Waals surface area contributed by atoms with Gasteiger partial charge >= 0.3 is 5.97 Å². The van der Waals surface area contributed by atoms with Crippen LogP contribution in [0.25, 0.3) is 11.3 Å². The number of benzene rings is 2. The number of hydrogen-bond donors (Lipinski definition) is 1. The lowest BCUT2D eigenvalue weighted by atomic mass is 10.1. The highest BCUT2D eigenvalue weighted by Crippen LogP contribution is 2.32. The first-order valence-electron chi connectivity index (χ1n) is 9.99. The van der Waals surface area contributed by atoms with Gasteiger partial charge in [-0.2, -0.15) is 0 Å². The first-order chi connectivity index (χ1) is 15.1. The number of ether oxygens (including phenoxy) is 2. The predicted octanol–water partition coefficient (Wildman–Crippen LogP) is 3.68. The Morgan fingerprint density at radius 3 is 2.58 bits per heavy atom. The van der Waals surface area contributed by atoms with Crippen LogP contribution in [0.1, 0.15) is 25.6 Å². The van der Waals surface area contributed by atoms with Crippen LogP contribution in [0.3, 0.4) is 0 Å². The maximum Gasteiger partial charge on any atom is 0.337 e. The Morgan fingerprint density at radius 1 is 1.10 bits per heavy atom. The van der Waals surface area contributed by atoms with Crippen molar-refractivity contribution >= 4 is 28.3 Å². The smallest absolute Gasteiger partial charge is 0.337 e. The number of thiazole rings is 1. The van der Waals surface area contributed by atoms with Crippen molar-refractivity contribution < 1.29 is 19.1 Å². The summed E-state index contributed by atoms with van der Waals surface area (Å²) in [6.45, 7) is 3.93. The number of morpholine rings is 1. The largest absolute Gasteiger partial charge is 0.465 e. The fourth-order valence-electron chi connectivity index (χ4n) is 3.37. The minimum atomic E-state index is -0.483. The molecule has 3 aromatic rings. The summed E-state index contributed by atoms with van der Waals surface area (Å²) in [5, 5.41) is 3.41. The van der Waals surface area contributed by atoms with Crippen molar-refractivity contribution in [3.05, 3.63) is 70.6 Å². The zero-order valence-corrected chi connectivity index (χ0v) is 18.0. The number of rotatable bonds is 6. The van der Waals surface area contributed by atoms with E-state index in [0.717, 1.165) is 49.0 Å². The molecule has 2 heterocycles. The minimum absolute atomic E-state index is 0.322. The fraction of sp³-hybridized carbons (Fsp3) is 0.261. The number of anilines is 1. The van der Waals surface area contributed by atoms with Gasteiger partial charge in [-0.15, -0.1) is 0 Å². The maximum absolute atomic E-state index is 12.8. The molecule has 1 aliphatic heterocycles. The van der Waals surface area contributed by atoms with Crippen LogP contribution < -0.4 is 5.32 Å². The van der Waals surface area contributed by atoms with E-state index in [-0.39, 0.29) is 5.91 Å². The molecule has 0 atom stereocenters. The van der Waals surface area contributed by atoms with Gasteiger partial charge in [0.15, 0.2) is 5.13 Å². The number of nitrogens with one attached hydrogen (secondary N) is 1. The van der Waals surface area contributed by atoms with Crippen LogP contribution in [0.5, 0.6) is 0 Å². The van der Waals surface area contributed by atoms with E-state index in [1.807, 2.05) is 30.3 Å². The Balaban J connectivity index is 1.58. The first-order valence-corrected chi connectivity index (χ1v) is 10.8. The number of aromatic nitrogens is 1. The summed E-state index contributed by atoms with van der Waals surface area (Å²) in [4.78, 5) is 32.7. The van der Waals surface area contributed by atoms with E-state index in [1.54, 1.807) is 18.2 Å². The zero-order chi connectivity index (χ0) is 21.6. The third-order valence-electron chi connectivity index (χ3n) is 4.98. The molecule has 0 spiro atoms. The molecule has 0 unspecified atom stereocenters. The lowest BCUT2D eigenvalue weighted by Gasteiger charge is -2.26. The fourth-order valence-corrected chi connectivity index (χ4v) is 4.39. The molecule has 1 saturated heterocycles. The molecular weight excluding hydrogens is 414 g/mol. The van der Waals surface area contributed by atoms with Crippen LogP contribution in [0.15, 0.2) is 54.6 Å². The van der Waals surface area contributed by atoms with E-state index < -0.39 is 5.97 Å². The highest BCUT2D eigenvalue weighted by atomic mass is 32.1. The zero-order valence-electron chi connectivity index (χ0n) is 17.2. The summed E-state index contributed by atoms with van der Waals surface area (Å²) in [6.07, 6.45) is 0. The van der Waals surface area contributed by atoms with Crippen LogP contribution in [0, 0.1) is 0 Å². The number of carbonyl (C=O) groups excluding carboxylic acids is 2. The molecule has 1 aliphatic rings. The molecule has 31 heavy (non-hydrogen) atoms. The SMILES string of the molecule is COC(=O)c1cccc(C(=O)Nc2nc(-c3ccccc3)c(CN3CCOCC3)s2)c1. The molecule has 1 fully saturated rings. The van der Waals surface area contributed by atoms with E-state index >= 15 is 0 Å². The summed E-state index contributed by atoms with van der Waals surface area (Å²) in [6, 6.07) is 16.4. The highest BCUT2D eigenvalue weighted by molar-refractivity contribution is 7.16. The molecule has 1 amide bonds. The van der Waals surface area contributed by atoms with E-state index in [0.29, 0.717) is 16.3 Å². The van der Waals surface area contributed by atoms with Crippen LogP contribution in [0.4, 0.5) is 5.13 Å². The molecule has 0 aliphatic carbocycles. The highest BCUT2D eigenvalue weighted by Gasteiger charge is 2.20. The minimum Gasteiger partial charge on any atom is -0.465 e. The molecular formula is C23H23N3O4S. The Kier molecular flexibility index (Phi) is 6.71. The topological polar surface area (TPSA) is 80.8 Å². The number of amides is 1. The van der Waals surface area contributed by atoms with Crippen LogP contribution in [0.2, 0.25) is 0 Å². The predicted molar refractivity (Wildman–Crippen MR) is 119 cm³/mol. The summed E-state index contributed by atoms with van der Waals surface area (Å²) >= 11 is 1.47. The Labute approximate surface area is 184 Å². The first kappa shape index (κ1) is 21.2. The second kappa shape index (κ2) is 9.82. The molecule has 0 radical (unpaired) electrons. The van der Waals surface area contributed by atoms with Gasteiger partial charge in [0, 0.05) is 35.6 Å². The van der Waals surface area contributed by atoms with E-state index in [9.17, 15) is 9.59 Å². The molecule has 0 saturated carbocycles. The van der Waals surface area contributed by atoms with Crippen LogP contribution in [-0.4, -0.2) is 55.2 Å². The number of nitrogens with zero attached hydrogens (tertiary/aromatic N) is 2. The van der Waals surface area contributed by atoms with Gasteiger partial charge in [-0.1, -0.05) is 47.7 Å². The Hall–Kier alpha value is -3.07. The molecule has 8 heteroatoms. The summed E-state index contributed by atoms with van der Waals surface area (Å²) in [7, 11) is 1.31. The maximum atomic E-state index is 12.8. The van der Waals surface area contributed by atoms with Crippen molar-refractivity contribution in [1.82, 2.24) is 9.88 Å². The van der Waals surface area contributed by atoms with Gasteiger partial charge in [0.05, 0.1) is 31.6 Å². The van der Waals surface area contributed by atoms with E-state index in [4.69, 9.17) is 14.5 Å². The normalized spacial score (nSPS) is 14.2. The third kappa shape index (κ3) is 5.16.